The van der Waals surface area contributed by atoms with E-state index in [1.54, 1.807) is 0 Å². The Bertz CT molecular complexity index is 623. The molecule has 1 saturated heterocycles. The lowest BCUT2D eigenvalue weighted by atomic mass is 10.2. The van der Waals surface area contributed by atoms with Gasteiger partial charge in [0.15, 0.2) is 0 Å². The summed E-state index contributed by atoms with van der Waals surface area (Å²) in [5, 5.41) is 3.10. The van der Waals surface area contributed by atoms with Crippen molar-refractivity contribution in [3.63, 3.8) is 0 Å². The third-order valence-corrected chi connectivity index (χ3v) is 5.18. The average molecular weight is 314 g/mol. The molecule has 21 heavy (non-hydrogen) atoms. The molecule has 1 aromatic carbocycles. The second-order valence-corrected chi connectivity index (χ2v) is 6.45. The lowest BCUT2D eigenvalue weighted by Crippen LogP contribution is -2.46. The lowest BCUT2D eigenvalue weighted by Gasteiger charge is -2.26. The molecule has 0 atom stereocenters. The van der Waals surface area contributed by atoms with Crippen LogP contribution in [0, 0.1) is 0 Å². The number of benzene rings is 1. The highest BCUT2D eigenvalue weighted by Gasteiger charge is 2.27. The Hall–Kier alpha value is -1.64. The normalized spacial score (nSPS) is 16.5. The Kier molecular flexibility index (Phi) is 4.81. The van der Waals surface area contributed by atoms with E-state index in [0.29, 0.717) is 26.2 Å². The van der Waals surface area contributed by atoms with E-state index >= 15 is 0 Å². The molecule has 1 heterocycles. The summed E-state index contributed by atoms with van der Waals surface area (Å²) in [4.78, 5) is 11.8. The number of sulfonamides is 1. The Morgan fingerprint density at radius 2 is 1.90 bits per heavy atom. The van der Waals surface area contributed by atoms with Gasteiger partial charge in [-0.2, -0.15) is 4.31 Å². The Labute approximate surface area is 123 Å². The minimum absolute atomic E-state index is 0.0607. The van der Waals surface area contributed by atoms with Crippen LogP contribution in [0.2, 0.25) is 0 Å². The first-order chi connectivity index (χ1) is 10.0. The molecule has 1 aliphatic rings. The molecule has 1 N–H and O–H groups in total. The number of carbonyl (C=O) groups is 1. The molecule has 2 rings (SSSR count). The average Bonchev–Trinajstić information content (AvgIpc) is 2.54. The van der Waals surface area contributed by atoms with Gasteiger partial charge in [-0.15, -0.1) is 0 Å². The third-order valence-electron chi connectivity index (χ3n) is 3.29. The summed E-state index contributed by atoms with van der Waals surface area (Å²) >= 11 is 0. The predicted octanol–water partition coefficient (Wildman–Crippen LogP) is 0.0757. The summed E-state index contributed by atoms with van der Waals surface area (Å²) in [6, 6.07) is 4.19. The molecule has 8 heteroatoms. The predicted molar refractivity (Wildman–Crippen MR) is 76.0 cm³/mol. The first kappa shape index (κ1) is 15.7. The summed E-state index contributed by atoms with van der Waals surface area (Å²) in [7, 11) is -0.977. The van der Waals surface area contributed by atoms with Gasteiger partial charge >= 0.3 is 5.97 Å². The van der Waals surface area contributed by atoms with Crippen molar-refractivity contribution in [2.24, 2.45) is 0 Å². The zero-order chi connectivity index (χ0) is 15.5. The summed E-state index contributed by atoms with van der Waals surface area (Å²) in [5.41, 5.74) is 0.0937. The summed E-state index contributed by atoms with van der Waals surface area (Å²) in [6.45, 7) is 2.03. The maximum Gasteiger partial charge on any atom is 0.341 e. The SMILES string of the molecule is COC(=O)c1cc(S(=O)(=O)N2CCNCC2)ccc1OC. The number of rotatable bonds is 4. The number of methoxy groups -OCH3 is 2. The van der Waals surface area contributed by atoms with Gasteiger partial charge in [-0.25, -0.2) is 13.2 Å². The number of nitrogens with zero attached hydrogens (tertiary/aromatic N) is 1. The molecule has 116 valence electrons. The molecular formula is C13H18N2O5S. The number of hydrogen-bond donors (Lipinski definition) is 1. The van der Waals surface area contributed by atoms with E-state index in [2.05, 4.69) is 10.1 Å². The fourth-order valence-electron chi connectivity index (χ4n) is 2.15. The summed E-state index contributed by atoms with van der Waals surface area (Å²) in [6.07, 6.45) is 0. The largest absolute Gasteiger partial charge is 0.496 e. The van der Waals surface area contributed by atoms with Crippen LogP contribution in [0.25, 0.3) is 0 Å². The molecule has 0 spiro atoms. The second kappa shape index (κ2) is 6.42. The molecule has 0 saturated carbocycles. The van der Waals surface area contributed by atoms with Crippen LogP contribution in [0.5, 0.6) is 5.75 Å². The molecule has 0 amide bonds. The molecule has 0 radical (unpaired) electrons. The molecule has 0 unspecified atom stereocenters. The highest BCUT2D eigenvalue weighted by molar-refractivity contribution is 7.89. The van der Waals surface area contributed by atoms with Gasteiger partial charge in [0.1, 0.15) is 11.3 Å². The third kappa shape index (κ3) is 3.17. The van der Waals surface area contributed by atoms with Crippen LogP contribution in [0.1, 0.15) is 10.4 Å². The van der Waals surface area contributed by atoms with Crippen LogP contribution < -0.4 is 10.1 Å². The fraction of sp³-hybridized carbons (Fsp3) is 0.462. The van der Waals surface area contributed by atoms with Gasteiger partial charge < -0.3 is 14.8 Å². The van der Waals surface area contributed by atoms with Crippen molar-refractivity contribution in [2.75, 3.05) is 40.4 Å². The number of ether oxygens (including phenoxy) is 2. The smallest absolute Gasteiger partial charge is 0.341 e. The molecule has 1 aliphatic heterocycles. The highest BCUT2D eigenvalue weighted by Crippen LogP contribution is 2.25. The zero-order valence-electron chi connectivity index (χ0n) is 12.0. The van der Waals surface area contributed by atoms with Gasteiger partial charge in [0.05, 0.1) is 19.1 Å². The van der Waals surface area contributed by atoms with Gasteiger partial charge in [0, 0.05) is 26.2 Å². The van der Waals surface area contributed by atoms with Crippen LogP contribution in [-0.4, -0.2) is 59.1 Å². The van der Waals surface area contributed by atoms with Crippen molar-refractivity contribution in [3.05, 3.63) is 23.8 Å². The molecular weight excluding hydrogens is 296 g/mol. The van der Waals surface area contributed by atoms with E-state index in [0.717, 1.165) is 0 Å². The van der Waals surface area contributed by atoms with Crippen LogP contribution in [0.15, 0.2) is 23.1 Å². The first-order valence-electron chi connectivity index (χ1n) is 6.48. The summed E-state index contributed by atoms with van der Waals surface area (Å²) in [5.74, 6) is -0.356. The highest BCUT2D eigenvalue weighted by atomic mass is 32.2. The van der Waals surface area contributed by atoms with Gasteiger partial charge in [-0.05, 0) is 18.2 Å². The van der Waals surface area contributed by atoms with Gasteiger partial charge in [0.2, 0.25) is 10.0 Å². The molecule has 7 nitrogen and oxygen atoms in total. The Balaban J connectivity index is 2.41. The van der Waals surface area contributed by atoms with Crippen molar-refractivity contribution in [1.29, 1.82) is 0 Å². The monoisotopic (exact) mass is 314 g/mol. The van der Waals surface area contributed by atoms with Crippen molar-refractivity contribution < 1.29 is 22.7 Å². The van der Waals surface area contributed by atoms with E-state index in [1.165, 1.54) is 36.7 Å². The number of carbonyl (C=O) groups excluding carboxylic acids is 1. The maximum atomic E-state index is 12.6. The Morgan fingerprint density at radius 3 is 2.48 bits per heavy atom. The van der Waals surface area contributed by atoms with Gasteiger partial charge in [-0.1, -0.05) is 0 Å². The van der Waals surface area contributed by atoms with Crippen LogP contribution in [-0.2, 0) is 14.8 Å². The van der Waals surface area contributed by atoms with Crippen molar-refractivity contribution in [2.45, 2.75) is 4.90 Å². The minimum Gasteiger partial charge on any atom is -0.496 e. The molecule has 0 aromatic heterocycles. The van der Waals surface area contributed by atoms with Gasteiger partial charge in [-0.3, -0.25) is 0 Å². The van der Waals surface area contributed by atoms with E-state index in [1.807, 2.05) is 0 Å². The maximum absolute atomic E-state index is 12.6. The quantitative estimate of drug-likeness (QED) is 0.792. The Morgan fingerprint density at radius 1 is 1.24 bits per heavy atom. The van der Waals surface area contributed by atoms with E-state index in [-0.39, 0.29) is 16.2 Å². The second-order valence-electron chi connectivity index (χ2n) is 4.51. The minimum atomic E-state index is -3.62. The summed E-state index contributed by atoms with van der Waals surface area (Å²) < 4.78 is 36.2. The fourth-order valence-corrected chi connectivity index (χ4v) is 3.62. The van der Waals surface area contributed by atoms with Crippen LogP contribution in [0.3, 0.4) is 0 Å². The van der Waals surface area contributed by atoms with Crippen LogP contribution >= 0.6 is 0 Å². The number of piperazine rings is 1. The number of esters is 1. The van der Waals surface area contributed by atoms with E-state index in [9.17, 15) is 13.2 Å². The van der Waals surface area contributed by atoms with E-state index < -0.39 is 16.0 Å². The van der Waals surface area contributed by atoms with Crippen molar-refractivity contribution in [3.8, 4) is 5.75 Å². The zero-order valence-corrected chi connectivity index (χ0v) is 12.8. The number of nitrogens with one attached hydrogen (secondary N) is 1. The molecule has 0 aliphatic carbocycles. The van der Waals surface area contributed by atoms with Crippen molar-refractivity contribution >= 4 is 16.0 Å². The molecule has 1 aromatic rings. The van der Waals surface area contributed by atoms with Crippen molar-refractivity contribution in [1.82, 2.24) is 9.62 Å². The van der Waals surface area contributed by atoms with Crippen LogP contribution in [0.4, 0.5) is 0 Å². The molecule has 1 fully saturated rings. The van der Waals surface area contributed by atoms with E-state index in [4.69, 9.17) is 4.74 Å². The number of hydrogen-bond acceptors (Lipinski definition) is 6. The molecule has 0 bridgehead atoms. The first-order valence-corrected chi connectivity index (χ1v) is 7.92. The standard InChI is InChI=1S/C13H18N2O5S/c1-19-12-4-3-10(9-11(12)13(16)20-2)21(17,18)15-7-5-14-6-8-15/h3-4,9,14H,5-8H2,1-2H3. The van der Waals surface area contributed by atoms with Gasteiger partial charge in [0.25, 0.3) is 0 Å². The lowest BCUT2D eigenvalue weighted by molar-refractivity contribution is 0.0597. The topological polar surface area (TPSA) is 84.9 Å².